The summed E-state index contributed by atoms with van der Waals surface area (Å²) < 4.78 is 2.01. The summed E-state index contributed by atoms with van der Waals surface area (Å²) in [5.74, 6) is 0.647. The van der Waals surface area contributed by atoms with E-state index < -0.39 is 0 Å². The average molecular weight is 392 g/mol. The number of benzene rings is 1. The maximum Gasteiger partial charge on any atom is 0.229 e. The summed E-state index contributed by atoms with van der Waals surface area (Å²) in [6.07, 6.45) is 1.77. The van der Waals surface area contributed by atoms with Gasteiger partial charge < -0.3 is 5.32 Å². The van der Waals surface area contributed by atoms with E-state index in [9.17, 15) is 4.79 Å². The first kappa shape index (κ1) is 18.1. The number of aromatic amines is 1. The molecular formula is C20H20N6OS. The van der Waals surface area contributed by atoms with E-state index in [1.54, 1.807) is 0 Å². The smallest absolute Gasteiger partial charge is 0.229 e. The lowest BCUT2D eigenvalue weighted by molar-refractivity contribution is -0.120. The van der Waals surface area contributed by atoms with E-state index in [-0.39, 0.29) is 12.3 Å². The number of carbonyl (C=O) groups excluding carboxylic acids is 1. The largest absolute Gasteiger partial charge is 0.352 e. The second-order valence-corrected chi connectivity index (χ2v) is 7.44. The molecule has 3 heterocycles. The van der Waals surface area contributed by atoms with Crippen LogP contribution >= 0.6 is 11.3 Å². The Balaban J connectivity index is 1.46. The van der Waals surface area contributed by atoms with Gasteiger partial charge in [-0.2, -0.15) is 10.1 Å². The van der Waals surface area contributed by atoms with Crippen LogP contribution in [0.25, 0.3) is 17.2 Å². The van der Waals surface area contributed by atoms with Gasteiger partial charge >= 0.3 is 0 Å². The third-order valence-corrected chi connectivity index (χ3v) is 5.37. The van der Waals surface area contributed by atoms with Gasteiger partial charge in [0.15, 0.2) is 0 Å². The van der Waals surface area contributed by atoms with E-state index in [2.05, 4.69) is 31.5 Å². The average Bonchev–Trinajstić information content (AvgIpc) is 3.42. The van der Waals surface area contributed by atoms with Crippen molar-refractivity contribution in [3.63, 3.8) is 0 Å². The van der Waals surface area contributed by atoms with Gasteiger partial charge in [0.1, 0.15) is 11.3 Å². The Morgan fingerprint density at radius 3 is 2.82 bits per heavy atom. The van der Waals surface area contributed by atoms with Crippen LogP contribution < -0.4 is 5.32 Å². The molecule has 0 aliphatic rings. The fourth-order valence-corrected chi connectivity index (χ4v) is 3.96. The monoisotopic (exact) mass is 392 g/mol. The molecular weight excluding hydrogens is 372 g/mol. The minimum atomic E-state index is -0.0307. The minimum absolute atomic E-state index is 0.0307. The minimum Gasteiger partial charge on any atom is -0.352 e. The first-order valence-electron chi connectivity index (χ1n) is 8.92. The van der Waals surface area contributed by atoms with Crippen LogP contribution in [0.1, 0.15) is 22.0 Å². The van der Waals surface area contributed by atoms with Gasteiger partial charge in [0, 0.05) is 28.9 Å². The zero-order valence-corrected chi connectivity index (χ0v) is 16.5. The predicted molar refractivity (Wildman–Crippen MR) is 108 cm³/mol. The molecule has 4 aromatic rings. The number of rotatable bonds is 6. The lowest BCUT2D eigenvalue weighted by Gasteiger charge is -2.04. The molecule has 8 heteroatoms. The Hall–Kier alpha value is -3.26. The number of aryl methyl sites for hydroxylation is 1. The van der Waals surface area contributed by atoms with Gasteiger partial charge in [0.05, 0.1) is 12.1 Å². The molecule has 0 fully saturated rings. The van der Waals surface area contributed by atoms with Crippen molar-refractivity contribution in [2.45, 2.75) is 26.8 Å². The van der Waals surface area contributed by atoms with Crippen LogP contribution in [-0.4, -0.2) is 30.6 Å². The van der Waals surface area contributed by atoms with Crippen LogP contribution in [0.5, 0.6) is 0 Å². The molecule has 7 nitrogen and oxygen atoms in total. The zero-order valence-electron chi connectivity index (χ0n) is 15.6. The van der Waals surface area contributed by atoms with Crippen molar-refractivity contribution < 1.29 is 4.79 Å². The summed E-state index contributed by atoms with van der Waals surface area (Å²) in [5.41, 5.74) is 5.05. The van der Waals surface area contributed by atoms with Crippen LogP contribution in [0.2, 0.25) is 0 Å². The molecule has 0 aliphatic carbocycles. The lowest BCUT2D eigenvalue weighted by atomic mass is 10.2. The number of nitrogens with zero attached hydrogens (tertiary/aromatic N) is 4. The molecule has 0 aliphatic heterocycles. The molecule has 0 atom stereocenters. The zero-order chi connectivity index (χ0) is 19.5. The summed E-state index contributed by atoms with van der Waals surface area (Å²) in [6, 6.07) is 11.9. The Labute approximate surface area is 166 Å². The van der Waals surface area contributed by atoms with Crippen LogP contribution in [0.15, 0.2) is 48.1 Å². The number of nitrogens with one attached hydrogen (secondary N) is 2. The highest BCUT2D eigenvalue weighted by Crippen LogP contribution is 2.29. The predicted octanol–water partition coefficient (Wildman–Crippen LogP) is 3.19. The van der Waals surface area contributed by atoms with E-state index in [1.165, 1.54) is 17.7 Å². The van der Waals surface area contributed by atoms with E-state index >= 15 is 0 Å². The number of amides is 1. The molecule has 0 saturated carbocycles. The maximum absolute atomic E-state index is 12.2. The highest BCUT2D eigenvalue weighted by Gasteiger charge is 2.17. The van der Waals surface area contributed by atoms with Gasteiger partial charge in [0.25, 0.3) is 0 Å². The highest BCUT2D eigenvalue weighted by molar-refractivity contribution is 7.10. The van der Waals surface area contributed by atoms with Crippen molar-refractivity contribution in [3.05, 3.63) is 70.1 Å². The van der Waals surface area contributed by atoms with Crippen molar-refractivity contribution in [2.24, 2.45) is 0 Å². The molecule has 3 aromatic heterocycles. The van der Waals surface area contributed by atoms with Crippen LogP contribution in [0.3, 0.4) is 0 Å². The molecule has 4 rings (SSSR count). The molecule has 1 aromatic carbocycles. The Morgan fingerprint density at radius 1 is 1.25 bits per heavy atom. The van der Waals surface area contributed by atoms with Crippen molar-refractivity contribution in [3.8, 4) is 17.2 Å². The second kappa shape index (κ2) is 7.77. The number of carbonyl (C=O) groups is 1. The first-order valence-corrected chi connectivity index (χ1v) is 9.80. The quantitative estimate of drug-likeness (QED) is 0.527. The first-order chi connectivity index (χ1) is 13.6. The van der Waals surface area contributed by atoms with E-state index in [4.69, 9.17) is 0 Å². The van der Waals surface area contributed by atoms with Crippen LogP contribution in [0, 0.1) is 13.8 Å². The molecule has 0 unspecified atom stereocenters. The molecule has 28 heavy (non-hydrogen) atoms. The Bertz CT molecular complexity index is 1080. The fourth-order valence-electron chi connectivity index (χ4n) is 3.17. The lowest BCUT2D eigenvalue weighted by Crippen LogP contribution is -2.24. The third kappa shape index (κ3) is 3.72. The SMILES string of the molecule is Cc1cc(-c2csc(CC(=O)NCc3ccccc3)n2)c(C)n1-c1ncn[nH]1. The van der Waals surface area contributed by atoms with Gasteiger partial charge in [0.2, 0.25) is 11.9 Å². The summed E-state index contributed by atoms with van der Waals surface area (Å²) in [5, 5.41) is 12.5. The summed E-state index contributed by atoms with van der Waals surface area (Å²) in [7, 11) is 0. The Morgan fingerprint density at radius 2 is 2.07 bits per heavy atom. The molecule has 142 valence electrons. The van der Waals surface area contributed by atoms with Crippen molar-refractivity contribution in [1.29, 1.82) is 0 Å². The van der Waals surface area contributed by atoms with Gasteiger partial charge in [-0.1, -0.05) is 30.3 Å². The Kier molecular flexibility index (Phi) is 5.03. The fraction of sp³-hybridized carbons (Fsp3) is 0.200. The summed E-state index contributed by atoms with van der Waals surface area (Å²) in [4.78, 5) is 21.1. The standard InChI is InChI=1S/C20H20N6OS/c1-13-8-16(14(2)26(13)20-22-12-23-25-20)17-11-28-19(24-17)9-18(27)21-10-15-6-4-3-5-7-15/h3-8,11-12H,9-10H2,1-2H3,(H,21,27)(H,22,23,25). The van der Waals surface area contributed by atoms with Crippen molar-refractivity contribution in [2.75, 3.05) is 0 Å². The number of H-pyrrole nitrogens is 1. The third-order valence-electron chi connectivity index (χ3n) is 4.52. The second-order valence-electron chi connectivity index (χ2n) is 6.49. The van der Waals surface area contributed by atoms with Gasteiger partial charge in [-0.15, -0.1) is 11.3 Å². The van der Waals surface area contributed by atoms with E-state index in [1.807, 2.05) is 54.1 Å². The van der Waals surface area contributed by atoms with Gasteiger partial charge in [-0.05, 0) is 25.5 Å². The van der Waals surface area contributed by atoms with Crippen LogP contribution in [0.4, 0.5) is 0 Å². The molecule has 0 saturated heterocycles. The number of hydrogen-bond acceptors (Lipinski definition) is 5. The van der Waals surface area contributed by atoms with Gasteiger partial charge in [-0.3, -0.25) is 9.36 Å². The molecule has 1 amide bonds. The number of hydrogen-bond donors (Lipinski definition) is 2. The van der Waals surface area contributed by atoms with Crippen molar-refractivity contribution >= 4 is 17.2 Å². The number of aromatic nitrogens is 5. The molecule has 0 radical (unpaired) electrons. The summed E-state index contributed by atoms with van der Waals surface area (Å²) >= 11 is 1.50. The van der Waals surface area contributed by atoms with E-state index in [0.29, 0.717) is 12.5 Å². The van der Waals surface area contributed by atoms with Crippen LogP contribution in [-0.2, 0) is 17.8 Å². The molecule has 0 bridgehead atoms. The number of thiazole rings is 1. The molecule has 0 spiro atoms. The summed E-state index contributed by atoms with van der Waals surface area (Å²) in [6.45, 7) is 4.57. The topological polar surface area (TPSA) is 88.5 Å². The maximum atomic E-state index is 12.2. The van der Waals surface area contributed by atoms with Crippen molar-refractivity contribution in [1.82, 2.24) is 30.0 Å². The molecule has 2 N–H and O–H groups in total. The normalized spacial score (nSPS) is 10.9. The van der Waals surface area contributed by atoms with Gasteiger partial charge in [-0.25, -0.2) is 10.1 Å². The highest BCUT2D eigenvalue weighted by atomic mass is 32.1. The van der Waals surface area contributed by atoms with E-state index in [0.717, 1.165) is 33.2 Å².